The van der Waals surface area contributed by atoms with Crippen LogP contribution in [-0.4, -0.2) is 74.2 Å². The molecule has 0 spiro atoms. The Bertz CT molecular complexity index is 742. The predicted molar refractivity (Wildman–Crippen MR) is 91.3 cm³/mol. The van der Waals surface area contributed by atoms with Gasteiger partial charge in [-0.25, -0.2) is 4.68 Å². The minimum absolute atomic E-state index is 0.0850. The van der Waals surface area contributed by atoms with Gasteiger partial charge in [0, 0.05) is 32.3 Å². The standard InChI is InChI=1S/C16H25N7O3/c1-12-10-13(2)22(18-12)5-4-15(24)21-6-9-26-14(11-21)16-17-19-20-23(16)7-8-25-3/h10,14H,4-9,11H2,1-3H3/t14-/m0/s1. The molecular weight excluding hydrogens is 338 g/mol. The van der Waals surface area contributed by atoms with Gasteiger partial charge in [0.15, 0.2) is 5.82 Å². The Hall–Kier alpha value is -2.33. The molecule has 0 saturated carbocycles. The first-order valence-corrected chi connectivity index (χ1v) is 8.74. The van der Waals surface area contributed by atoms with Crippen LogP contribution in [0.1, 0.15) is 29.7 Å². The summed E-state index contributed by atoms with van der Waals surface area (Å²) in [5.41, 5.74) is 2.02. The van der Waals surface area contributed by atoms with Crippen molar-refractivity contribution in [1.29, 1.82) is 0 Å². The molecule has 1 saturated heterocycles. The first-order valence-electron chi connectivity index (χ1n) is 8.74. The highest BCUT2D eigenvalue weighted by Crippen LogP contribution is 2.20. The summed E-state index contributed by atoms with van der Waals surface area (Å²) in [6.45, 7) is 7.07. The molecule has 3 rings (SSSR count). The van der Waals surface area contributed by atoms with E-state index in [-0.39, 0.29) is 12.0 Å². The average molecular weight is 363 g/mol. The molecule has 0 radical (unpaired) electrons. The molecule has 0 N–H and O–H groups in total. The van der Waals surface area contributed by atoms with Crippen molar-refractivity contribution in [3.8, 4) is 0 Å². The van der Waals surface area contributed by atoms with E-state index in [0.29, 0.717) is 51.6 Å². The third-order valence-electron chi connectivity index (χ3n) is 4.41. The van der Waals surface area contributed by atoms with Crippen molar-refractivity contribution in [2.75, 3.05) is 33.4 Å². The number of aromatic nitrogens is 6. The summed E-state index contributed by atoms with van der Waals surface area (Å²) < 4.78 is 14.4. The molecule has 10 heteroatoms. The maximum Gasteiger partial charge on any atom is 0.224 e. The van der Waals surface area contributed by atoms with Gasteiger partial charge in [-0.1, -0.05) is 0 Å². The van der Waals surface area contributed by atoms with Crippen molar-refractivity contribution < 1.29 is 14.3 Å². The number of tetrazole rings is 1. The van der Waals surface area contributed by atoms with Crippen LogP contribution < -0.4 is 0 Å². The van der Waals surface area contributed by atoms with E-state index >= 15 is 0 Å². The van der Waals surface area contributed by atoms with E-state index in [0.717, 1.165) is 11.4 Å². The topological polar surface area (TPSA) is 100 Å². The Morgan fingerprint density at radius 3 is 2.92 bits per heavy atom. The van der Waals surface area contributed by atoms with Crippen molar-refractivity contribution in [3.63, 3.8) is 0 Å². The van der Waals surface area contributed by atoms with Gasteiger partial charge in [0.2, 0.25) is 5.91 Å². The van der Waals surface area contributed by atoms with Gasteiger partial charge in [0.1, 0.15) is 6.10 Å². The van der Waals surface area contributed by atoms with E-state index in [1.807, 2.05) is 29.5 Å². The lowest BCUT2D eigenvalue weighted by molar-refractivity contribution is -0.139. The van der Waals surface area contributed by atoms with Crippen LogP contribution in [-0.2, 0) is 27.4 Å². The summed E-state index contributed by atoms with van der Waals surface area (Å²) in [6.07, 6.45) is 0.0803. The van der Waals surface area contributed by atoms with Gasteiger partial charge in [0.25, 0.3) is 0 Å². The van der Waals surface area contributed by atoms with E-state index in [1.165, 1.54) is 0 Å². The highest BCUT2D eigenvalue weighted by molar-refractivity contribution is 5.76. The molecule has 1 amide bonds. The van der Waals surface area contributed by atoms with Crippen molar-refractivity contribution in [2.45, 2.75) is 39.5 Å². The second-order valence-corrected chi connectivity index (χ2v) is 6.35. The maximum atomic E-state index is 12.6. The van der Waals surface area contributed by atoms with Gasteiger partial charge in [0.05, 0.1) is 32.0 Å². The van der Waals surface area contributed by atoms with E-state index in [2.05, 4.69) is 20.6 Å². The van der Waals surface area contributed by atoms with Crippen LogP contribution in [0.4, 0.5) is 0 Å². The summed E-state index contributed by atoms with van der Waals surface area (Å²) >= 11 is 0. The largest absolute Gasteiger partial charge is 0.383 e. The normalized spacial score (nSPS) is 17.7. The Morgan fingerprint density at radius 2 is 2.19 bits per heavy atom. The Labute approximate surface area is 152 Å². The Balaban J connectivity index is 1.58. The Kier molecular flexibility index (Phi) is 5.94. The molecule has 1 fully saturated rings. The number of hydrogen-bond donors (Lipinski definition) is 0. The van der Waals surface area contributed by atoms with Crippen molar-refractivity contribution in [2.24, 2.45) is 0 Å². The third-order valence-corrected chi connectivity index (χ3v) is 4.41. The van der Waals surface area contributed by atoms with Gasteiger partial charge >= 0.3 is 0 Å². The van der Waals surface area contributed by atoms with Crippen LogP contribution in [0.5, 0.6) is 0 Å². The molecule has 0 unspecified atom stereocenters. The fourth-order valence-electron chi connectivity index (χ4n) is 3.07. The molecule has 142 valence electrons. The molecule has 2 aromatic heterocycles. The number of ether oxygens (including phenoxy) is 2. The second kappa shape index (κ2) is 8.37. The Morgan fingerprint density at radius 1 is 1.35 bits per heavy atom. The van der Waals surface area contributed by atoms with E-state index in [9.17, 15) is 4.79 Å². The van der Waals surface area contributed by atoms with Crippen LogP contribution in [0.15, 0.2) is 6.07 Å². The molecule has 10 nitrogen and oxygen atoms in total. The number of rotatable bonds is 7. The van der Waals surface area contributed by atoms with E-state index < -0.39 is 0 Å². The van der Waals surface area contributed by atoms with Crippen molar-refractivity contribution >= 4 is 5.91 Å². The lowest BCUT2D eigenvalue weighted by Gasteiger charge is -2.32. The lowest BCUT2D eigenvalue weighted by atomic mass is 10.2. The number of hydrogen-bond acceptors (Lipinski definition) is 7. The number of aryl methyl sites for hydroxylation is 3. The number of carbonyl (C=O) groups excluding carboxylic acids is 1. The smallest absolute Gasteiger partial charge is 0.224 e. The monoisotopic (exact) mass is 363 g/mol. The van der Waals surface area contributed by atoms with Crippen LogP contribution in [0.25, 0.3) is 0 Å². The fraction of sp³-hybridized carbons (Fsp3) is 0.688. The molecule has 1 aliphatic rings. The summed E-state index contributed by atoms with van der Waals surface area (Å²) in [4.78, 5) is 14.4. The molecule has 3 heterocycles. The van der Waals surface area contributed by atoms with Gasteiger partial charge in [-0.15, -0.1) is 5.10 Å². The molecular formula is C16H25N7O3. The first kappa shape index (κ1) is 18.5. The zero-order valence-electron chi connectivity index (χ0n) is 15.5. The van der Waals surface area contributed by atoms with Crippen molar-refractivity contribution in [3.05, 3.63) is 23.3 Å². The van der Waals surface area contributed by atoms with E-state index in [1.54, 1.807) is 11.8 Å². The quantitative estimate of drug-likeness (QED) is 0.689. The van der Waals surface area contributed by atoms with Gasteiger partial charge in [-0.2, -0.15) is 5.10 Å². The predicted octanol–water partition coefficient (Wildman–Crippen LogP) is 0.123. The van der Waals surface area contributed by atoms with Gasteiger partial charge < -0.3 is 14.4 Å². The summed E-state index contributed by atoms with van der Waals surface area (Å²) in [5.74, 6) is 0.708. The fourth-order valence-corrected chi connectivity index (χ4v) is 3.07. The highest BCUT2D eigenvalue weighted by Gasteiger charge is 2.29. The number of nitrogens with zero attached hydrogens (tertiary/aromatic N) is 7. The minimum Gasteiger partial charge on any atom is -0.383 e. The van der Waals surface area contributed by atoms with Gasteiger partial charge in [-0.3, -0.25) is 9.48 Å². The number of methoxy groups -OCH3 is 1. The van der Waals surface area contributed by atoms with Crippen LogP contribution in [0, 0.1) is 13.8 Å². The van der Waals surface area contributed by atoms with E-state index in [4.69, 9.17) is 9.47 Å². The SMILES string of the molecule is COCCn1nnnc1[C@@H]1CN(C(=O)CCn2nc(C)cc2C)CCO1. The maximum absolute atomic E-state index is 12.6. The number of morpholine rings is 1. The molecule has 1 atom stereocenters. The summed E-state index contributed by atoms with van der Waals surface area (Å²) in [5, 5.41) is 16.2. The molecule has 1 aliphatic heterocycles. The van der Waals surface area contributed by atoms with Gasteiger partial charge in [-0.05, 0) is 30.3 Å². The first-order chi connectivity index (χ1) is 12.6. The molecule has 2 aromatic rings. The number of amides is 1. The highest BCUT2D eigenvalue weighted by atomic mass is 16.5. The molecule has 26 heavy (non-hydrogen) atoms. The zero-order valence-corrected chi connectivity index (χ0v) is 15.5. The van der Waals surface area contributed by atoms with Crippen molar-refractivity contribution in [1.82, 2.24) is 34.9 Å². The molecule has 0 aromatic carbocycles. The van der Waals surface area contributed by atoms with Crippen LogP contribution in [0.3, 0.4) is 0 Å². The third kappa shape index (κ3) is 4.25. The average Bonchev–Trinajstić information content (AvgIpc) is 3.23. The molecule has 0 aliphatic carbocycles. The number of carbonyl (C=O) groups is 1. The lowest BCUT2D eigenvalue weighted by Crippen LogP contribution is -2.43. The van der Waals surface area contributed by atoms with Crippen LogP contribution in [0.2, 0.25) is 0 Å². The van der Waals surface area contributed by atoms with Crippen LogP contribution >= 0.6 is 0 Å². The second-order valence-electron chi connectivity index (χ2n) is 6.35. The molecule has 0 bridgehead atoms. The zero-order chi connectivity index (χ0) is 18.5. The summed E-state index contributed by atoms with van der Waals surface area (Å²) in [7, 11) is 1.63. The summed E-state index contributed by atoms with van der Waals surface area (Å²) in [6, 6.07) is 2.01. The minimum atomic E-state index is -0.326.